The number of carbonyl (C=O) groups is 1. The van der Waals surface area contributed by atoms with Gasteiger partial charge in [0.15, 0.2) is 0 Å². The van der Waals surface area contributed by atoms with Crippen molar-refractivity contribution in [2.45, 2.75) is 64.8 Å². The fraction of sp³-hybridized carbons (Fsp3) is 0.941. The predicted molar refractivity (Wildman–Crippen MR) is 83.6 cm³/mol. The van der Waals surface area contributed by atoms with Gasteiger partial charge in [-0.1, -0.05) is 46.0 Å². The zero-order chi connectivity index (χ0) is 14.5. The lowest BCUT2D eigenvalue weighted by molar-refractivity contribution is -0.138. The van der Waals surface area contributed by atoms with E-state index in [2.05, 4.69) is 19.2 Å². The van der Waals surface area contributed by atoms with Gasteiger partial charge in [0.2, 0.25) is 5.91 Å². The highest BCUT2D eigenvalue weighted by molar-refractivity contribution is 5.79. The molecule has 0 aromatic rings. The molecule has 2 unspecified atom stereocenters. The van der Waals surface area contributed by atoms with E-state index in [-0.39, 0.29) is 5.92 Å². The van der Waals surface area contributed by atoms with Gasteiger partial charge in [0.1, 0.15) is 0 Å². The monoisotopic (exact) mass is 280 g/mol. The highest BCUT2D eigenvalue weighted by Gasteiger charge is 2.32. The molecule has 1 N–H and O–H groups in total. The maximum Gasteiger partial charge on any atom is 0.225 e. The average Bonchev–Trinajstić information content (AvgIpc) is 2.98. The molecule has 2 fully saturated rings. The van der Waals surface area contributed by atoms with Gasteiger partial charge in [0.25, 0.3) is 0 Å². The van der Waals surface area contributed by atoms with E-state index in [1.165, 1.54) is 32.1 Å². The van der Waals surface area contributed by atoms with E-state index < -0.39 is 0 Å². The first-order valence-electron chi connectivity index (χ1n) is 8.57. The maximum absolute atomic E-state index is 12.8. The molecule has 20 heavy (non-hydrogen) atoms. The highest BCUT2D eigenvalue weighted by Crippen LogP contribution is 2.32. The molecule has 0 radical (unpaired) electrons. The van der Waals surface area contributed by atoms with Crippen molar-refractivity contribution in [1.29, 1.82) is 0 Å². The Morgan fingerprint density at radius 2 is 1.90 bits per heavy atom. The Morgan fingerprint density at radius 3 is 2.45 bits per heavy atom. The standard InChI is InChI=1S/C17H32N2O/c1-13(2)16(11-14-7-5-4-6-8-14)17(20)19(3)15-9-10-18-12-15/h13-16,18H,4-12H2,1-3H3. The van der Waals surface area contributed by atoms with Crippen LogP contribution in [0.2, 0.25) is 0 Å². The van der Waals surface area contributed by atoms with Crippen molar-refractivity contribution < 1.29 is 4.79 Å². The summed E-state index contributed by atoms with van der Waals surface area (Å²) in [6.45, 7) is 6.45. The van der Waals surface area contributed by atoms with Crippen molar-refractivity contribution in [1.82, 2.24) is 10.2 Å². The summed E-state index contributed by atoms with van der Waals surface area (Å²) in [6, 6.07) is 0.412. The van der Waals surface area contributed by atoms with E-state index in [4.69, 9.17) is 0 Å². The van der Waals surface area contributed by atoms with Crippen LogP contribution in [-0.2, 0) is 4.79 Å². The van der Waals surface area contributed by atoms with Gasteiger partial charge in [0, 0.05) is 25.6 Å². The van der Waals surface area contributed by atoms with Crippen LogP contribution in [0.3, 0.4) is 0 Å². The van der Waals surface area contributed by atoms with Gasteiger partial charge in [-0.2, -0.15) is 0 Å². The van der Waals surface area contributed by atoms with Crippen molar-refractivity contribution in [3.05, 3.63) is 0 Å². The van der Waals surface area contributed by atoms with Gasteiger partial charge in [-0.15, -0.1) is 0 Å². The highest BCUT2D eigenvalue weighted by atomic mass is 16.2. The summed E-state index contributed by atoms with van der Waals surface area (Å²) >= 11 is 0. The minimum absolute atomic E-state index is 0.226. The Morgan fingerprint density at radius 1 is 1.20 bits per heavy atom. The molecule has 1 aliphatic carbocycles. The lowest BCUT2D eigenvalue weighted by atomic mass is 9.78. The fourth-order valence-corrected chi connectivity index (χ4v) is 3.85. The summed E-state index contributed by atoms with van der Waals surface area (Å²) < 4.78 is 0. The molecule has 1 amide bonds. The van der Waals surface area contributed by atoms with Gasteiger partial charge in [-0.25, -0.2) is 0 Å². The quantitative estimate of drug-likeness (QED) is 0.839. The first-order chi connectivity index (χ1) is 9.59. The summed E-state index contributed by atoms with van der Waals surface area (Å²) in [7, 11) is 2.01. The minimum atomic E-state index is 0.226. The summed E-state index contributed by atoms with van der Waals surface area (Å²) in [5.74, 6) is 1.86. The fourth-order valence-electron chi connectivity index (χ4n) is 3.85. The number of rotatable bonds is 5. The molecule has 0 aromatic heterocycles. The summed E-state index contributed by atoms with van der Waals surface area (Å²) in [5.41, 5.74) is 0. The number of amides is 1. The number of likely N-dealkylation sites (N-methyl/N-ethyl adjacent to an activating group) is 1. The SMILES string of the molecule is CC(C)C(CC1CCCCC1)C(=O)N(C)C1CCNC1. The van der Waals surface area contributed by atoms with Gasteiger partial charge >= 0.3 is 0 Å². The van der Waals surface area contributed by atoms with Crippen LogP contribution in [0.5, 0.6) is 0 Å². The van der Waals surface area contributed by atoms with Crippen molar-refractivity contribution in [3.63, 3.8) is 0 Å². The van der Waals surface area contributed by atoms with E-state index in [9.17, 15) is 4.79 Å². The Hall–Kier alpha value is -0.570. The molecule has 0 spiro atoms. The molecule has 3 nitrogen and oxygen atoms in total. The molecule has 1 aliphatic heterocycles. The van der Waals surface area contributed by atoms with Crippen molar-refractivity contribution in [2.75, 3.05) is 20.1 Å². The van der Waals surface area contributed by atoms with Gasteiger partial charge in [-0.3, -0.25) is 4.79 Å². The summed E-state index contributed by atoms with van der Waals surface area (Å²) in [4.78, 5) is 14.9. The first kappa shape index (κ1) is 15.8. The van der Waals surface area contributed by atoms with E-state index in [0.717, 1.165) is 31.8 Å². The van der Waals surface area contributed by atoms with Crippen LogP contribution in [-0.4, -0.2) is 37.0 Å². The van der Waals surface area contributed by atoms with Crippen LogP contribution >= 0.6 is 0 Å². The Labute approximate surface area is 124 Å². The molecule has 116 valence electrons. The zero-order valence-electron chi connectivity index (χ0n) is 13.5. The number of nitrogens with one attached hydrogen (secondary N) is 1. The van der Waals surface area contributed by atoms with Crippen LogP contribution in [0.25, 0.3) is 0 Å². The second-order valence-corrected chi connectivity index (χ2v) is 7.19. The summed E-state index contributed by atoms with van der Waals surface area (Å²) in [5, 5.41) is 3.36. The molecule has 2 atom stereocenters. The molecular formula is C17H32N2O. The summed E-state index contributed by atoms with van der Waals surface area (Å²) in [6.07, 6.45) is 9.02. The number of hydrogen-bond acceptors (Lipinski definition) is 2. The molecule has 2 aliphatic rings. The van der Waals surface area contributed by atoms with E-state index in [0.29, 0.717) is 17.9 Å². The normalized spacial score (nSPS) is 25.9. The second kappa shape index (κ2) is 7.44. The minimum Gasteiger partial charge on any atom is -0.341 e. The molecule has 2 rings (SSSR count). The molecule has 1 saturated heterocycles. The van der Waals surface area contributed by atoms with Gasteiger partial charge in [0.05, 0.1) is 0 Å². The first-order valence-corrected chi connectivity index (χ1v) is 8.57. The van der Waals surface area contributed by atoms with E-state index in [1.807, 2.05) is 11.9 Å². The van der Waals surface area contributed by atoms with E-state index >= 15 is 0 Å². The van der Waals surface area contributed by atoms with Crippen molar-refractivity contribution >= 4 is 5.91 Å². The Balaban J connectivity index is 1.93. The molecule has 1 heterocycles. The molecule has 1 saturated carbocycles. The lowest BCUT2D eigenvalue weighted by Crippen LogP contribution is -2.43. The van der Waals surface area contributed by atoms with Crippen LogP contribution in [0.4, 0.5) is 0 Å². The third kappa shape index (κ3) is 3.97. The number of nitrogens with zero attached hydrogens (tertiary/aromatic N) is 1. The Bertz CT molecular complexity index is 304. The lowest BCUT2D eigenvalue weighted by Gasteiger charge is -2.33. The Kier molecular flexibility index (Phi) is 5.88. The number of carbonyl (C=O) groups excluding carboxylic acids is 1. The molecular weight excluding hydrogens is 248 g/mol. The number of hydrogen-bond donors (Lipinski definition) is 1. The van der Waals surface area contributed by atoms with Crippen molar-refractivity contribution in [3.8, 4) is 0 Å². The van der Waals surface area contributed by atoms with Crippen LogP contribution in [0, 0.1) is 17.8 Å². The topological polar surface area (TPSA) is 32.3 Å². The third-order valence-electron chi connectivity index (χ3n) is 5.36. The van der Waals surface area contributed by atoms with Crippen LogP contribution in [0.1, 0.15) is 58.8 Å². The van der Waals surface area contributed by atoms with Gasteiger partial charge in [-0.05, 0) is 31.2 Å². The largest absolute Gasteiger partial charge is 0.341 e. The van der Waals surface area contributed by atoms with Crippen LogP contribution < -0.4 is 5.32 Å². The van der Waals surface area contributed by atoms with Gasteiger partial charge < -0.3 is 10.2 Å². The molecule has 3 heteroatoms. The van der Waals surface area contributed by atoms with Crippen LogP contribution in [0.15, 0.2) is 0 Å². The van der Waals surface area contributed by atoms with Crippen molar-refractivity contribution in [2.24, 2.45) is 17.8 Å². The smallest absolute Gasteiger partial charge is 0.225 e. The second-order valence-electron chi connectivity index (χ2n) is 7.19. The molecule has 0 aromatic carbocycles. The third-order valence-corrected chi connectivity index (χ3v) is 5.36. The maximum atomic E-state index is 12.8. The average molecular weight is 280 g/mol. The molecule has 0 bridgehead atoms. The van der Waals surface area contributed by atoms with E-state index in [1.54, 1.807) is 0 Å². The zero-order valence-corrected chi connectivity index (χ0v) is 13.5. The predicted octanol–water partition coefficient (Wildman–Crippen LogP) is 3.05.